The highest BCUT2D eigenvalue weighted by Crippen LogP contribution is 2.26. The van der Waals surface area contributed by atoms with Crippen LogP contribution in [0.5, 0.6) is 0 Å². The maximum atomic E-state index is 10.8. The quantitative estimate of drug-likeness (QED) is 0.891. The largest absolute Gasteiger partial charge is 0.480 e. The van der Waals surface area contributed by atoms with Crippen LogP contribution in [0.15, 0.2) is 28.9 Å². The predicted molar refractivity (Wildman–Crippen MR) is 72.7 cm³/mol. The summed E-state index contributed by atoms with van der Waals surface area (Å²) >= 11 is 3.42. The standard InChI is InChI=1S/C13H14BrNO3/c14-10-3-4-12-11(6-10)9(2-1-5-16)7-15(12)8-13(17)18/h3-4,6-7,16H,1-2,5,8H2,(H,17,18). The number of fused-ring (bicyclic) bond motifs is 1. The molecule has 0 spiro atoms. The Morgan fingerprint density at radius 2 is 2.17 bits per heavy atom. The SMILES string of the molecule is O=C(O)Cn1cc(CCCO)c2cc(Br)ccc21. The summed E-state index contributed by atoms with van der Waals surface area (Å²) in [7, 11) is 0. The predicted octanol–water partition coefficient (Wildman–Crippen LogP) is 2.41. The van der Waals surface area contributed by atoms with Gasteiger partial charge in [0.25, 0.3) is 0 Å². The molecule has 0 radical (unpaired) electrons. The normalized spacial score (nSPS) is 11.0. The van der Waals surface area contributed by atoms with Crippen molar-refractivity contribution >= 4 is 32.8 Å². The molecule has 2 N–H and O–H groups in total. The van der Waals surface area contributed by atoms with Crippen molar-refractivity contribution in [3.63, 3.8) is 0 Å². The Hall–Kier alpha value is -1.33. The molecule has 2 aromatic rings. The van der Waals surface area contributed by atoms with Crippen molar-refractivity contribution in [3.05, 3.63) is 34.4 Å². The van der Waals surface area contributed by atoms with Gasteiger partial charge in [-0.1, -0.05) is 15.9 Å². The summed E-state index contributed by atoms with van der Waals surface area (Å²) in [5.74, 6) is -0.858. The van der Waals surface area contributed by atoms with Crippen molar-refractivity contribution in [2.75, 3.05) is 6.61 Å². The van der Waals surface area contributed by atoms with Crippen molar-refractivity contribution in [2.24, 2.45) is 0 Å². The third kappa shape index (κ3) is 2.73. The number of halogens is 1. The topological polar surface area (TPSA) is 62.5 Å². The molecule has 1 aromatic heterocycles. The number of hydrogen-bond donors (Lipinski definition) is 2. The number of nitrogens with zero attached hydrogens (tertiary/aromatic N) is 1. The lowest BCUT2D eigenvalue weighted by Gasteiger charge is -2.00. The fourth-order valence-electron chi connectivity index (χ4n) is 2.09. The third-order valence-corrected chi connectivity index (χ3v) is 3.33. The van der Waals surface area contributed by atoms with E-state index in [-0.39, 0.29) is 13.2 Å². The first-order valence-corrected chi connectivity index (χ1v) is 6.51. The zero-order valence-corrected chi connectivity index (χ0v) is 11.4. The zero-order chi connectivity index (χ0) is 13.1. The minimum absolute atomic E-state index is 0.0444. The molecular weight excluding hydrogens is 298 g/mol. The highest BCUT2D eigenvalue weighted by Gasteiger charge is 2.10. The summed E-state index contributed by atoms with van der Waals surface area (Å²) in [4.78, 5) is 10.8. The van der Waals surface area contributed by atoms with Gasteiger partial charge in [-0.25, -0.2) is 0 Å². The lowest BCUT2D eigenvalue weighted by Crippen LogP contribution is -2.07. The smallest absolute Gasteiger partial charge is 0.323 e. The summed E-state index contributed by atoms with van der Waals surface area (Å²) in [5, 5.41) is 18.8. The average Bonchev–Trinajstić information content (AvgIpc) is 2.63. The maximum absolute atomic E-state index is 10.8. The van der Waals surface area contributed by atoms with Crippen LogP contribution in [0.3, 0.4) is 0 Å². The number of benzene rings is 1. The van der Waals surface area contributed by atoms with Gasteiger partial charge in [-0.3, -0.25) is 4.79 Å². The molecule has 96 valence electrons. The molecule has 0 bridgehead atoms. The number of aromatic nitrogens is 1. The number of aliphatic carboxylic acids is 1. The van der Waals surface area contributed by atoms with Crippen LogP contribution < -0.4 is 0 Å². The summed E-state index contributed by atoms with van der Waals surface area (Å²) in [6, 6.07) is 5.79. The highest BCUT2D eigenvalue weighted by molar-refractivity contribution is 9.10. The number of carboxylic acids is 1. The summed E-state index contributed by atoms with van der Waals surface area (Å²) < 4.78 is 2.70. The van der Waals surface area contributed by atoms with E-state index in [9.17, 15) is 4.79 Å². The second-order valence-electron chi connectivity index (χ2n) is 4.16. The molecule has 0 aliphatic rings. The Morgan fingerprint density at radius 3 is 2.83 bits per heavy atom. The minimum atomic E-state index is -0.858. The molecular formula is C13H14BrNO3. The first-order chi connectivity index (χ1) is 8.61. The Balaban J connectivity index is 2.48. The van der Waals surface area contributed by atoms with Crippen LogP contribution in [0.25, 0.3) is 10.9 Å². The number of rotatable bonds is 5. The van der Waals surface area contributed by atoms with Gasteiger partial charge in [0.2, 0.25) is 0 Å². The molecule has 1 aromatic carbocycles. The zero-order valence-electron chi connectivity index (χ0n) is 9.77. The van der Waals surface area contributed by atoms with Gasteiger partial charge in [-0.15, -0.1) is 0 Å². The van der Waals surface area contributed by atoms with E-state index in [2.05, 4.69) is 15.9 Å². The van der Waals surface area contributed by atoms with E-state index >= 15 is 0 Å². The Kier molecular flexibility index (Phi) is 4.04. The van der Waals surface area contributed by atoms with Gasteiger partial charge in [0.05, 0.1) is 0 Å². The van der Waals surface area contributed by atoms with Crippen molar-refractivity contribution < 1.29 is 15.0 Å². The van der Waals surface area contributed by atoms with Gasteiger partial charge in [-0.2, -0.15) is 0 Å². The third-order valence-electron chi connectivity index (χ3n) is 2.84. The highest BCUT2D eigenvalue weighted by atomic mass is 79.9. The van der Waals surface area contributed by atoms with Gasteiger partial charge >= 0.3 is 5.97 Å². The van der Waals surface area contributed by atoms with E-state index < -0.39 is 5.97 Å². The monoisotopic (exact) mass is 311 g/mol. The fourth-order valence-corrected chi connectivity index (χ4v) is 2.45. The van der Waals surface area contributed by atoms with Crippen LogP contribution >= 0.6 is 15.9 Å². The average molecular weight is 312 g/mol. The van der Waals surface area contributed by atoms with Crippen LogP contribution in [-0.2, 0) is 17.8 Å². The van der Waals surface area contributed by atoms with E-state index in [0.717, 1.165) is 27.4 Å². The Bertz CT molecular complexity index is 577. The van der Waals surface area contributed by atoms with Gasteiger partial charge in [0.1, 0.15) is 6.54 Å². The van der Waals surface area contributed by atoms with Crippen LogP contribution in [0.2, 0.25) is 0 Å². The van der Waals surface area contributed by atoms with Gasteiger partial charge < -0.3 is 14.8 Å². The van der Waals surface area contributed by atoms with Crippen molar-refractivity contribution in [2.45, 2.75) is 19.4 Å². The molecule has 5 heteroatoms. The molecule has 0 atom stereocenters. The first kappa shape index (κ1) is 13.1. The molecule has 0 aliphatic carbocycles. The van der Waals surface area contributed by atoms with Crippen molar-refractivity contribution in [3.8, 4) is 0 Å². The molecule has 0 unspecified atom stereocenters. The van der Waals surface area contributed by atoms with E-state index in [1.165, 1.54) is 0 Å². The molecule has 0 fully saturated rings. The Morgan fingerprint density at radius 1 is 1.39 bits per heavy atom. The lowest BCUT2D eigenvalue weighted by atomic mass is 10.1. The second kappa shape index (κ2) is 5.54. The molecule has 1 heterocycles. The van der Waals surface area contributed by atoms with Gasteiger partial charge in [0.15, 0.2) is 0 Å². The van der Waals surface area contributed by atoms with Crippen LogP contribution in [0.1, 0.15) is 12.0 Å². The minimum Gasteiger partial charge on any atom is -0.480 e. The molecule has 0 amide bonds. The van der Waals surface area contributed by atoms with Crippen LogP contribution in [0.4, 0.5) is 0 Å². The molecule has 0 saturated heterocycles. The van der Waals surface area contributed by atoms with E-state index in [1.54, 1.807) is 4.57 Å². The number of hydrogen-bond acceptors (Lipinski definition) is 2. The molecule has 0 aliphatic heterocycles. The number of aryl methyl sites for hydroxylation is 1. The van der Waals surface area contributed by atoms with Crippen LogP contribution in [-0.4, -0.2) is 27.4 Å². The number of carbonyl (C=O) groups is 1. The second-order valence-corrected chi connectivity index (χ2v) is 5.08. The van der Waals surface area contributed by atoms with Gasteiger partial charge in [-0.05, 0) is 36.6 Å². The molecule has 0 saturated carbocycles. The summed E-state index contributed by atoms with van der Waals surface area (Å²) in [6.07, 6.45) is 3.29. The number of aliphatic hydroxyl groups is 1. The number of carboxylic acid groups (broad SMARTS) is 1. The lowest BCUT2D eigenvalue weighted by molar-refractivity contribution is -0.137. The summed E-state index contributed by atoms with van der Waals surface area (Å²) in [6.45, 7) is 0.0941. The fraction of sp³-hybridized carbons (Fsp3) is 0.308. The van der Waals surface area contributed by atoms with Crippen molar-refractivity contribution in [1.29, 1.82) is 0 Å². The molecule has 2 rings (SSSR count). The number of aliphatic hydroxyl groups excluding tert-OH is 1. The van der Waals surface area contributed by atoms with Gasteiger partial charge in [0, 0.05) is 28.2 Å². The van der Waals surface area contributed by atoms with E-state index in [4.69, 9.17) is 10.2 Å². The Labute approximate surface area is 113 Å². The molecule has 18 heavy (non-hydrogen) atoms. The molecule has 4 nitrogen and oxygen atoms in total. The van der Waals surface area contributed by atoms with E-state index in [1.807, 2.05) is 24.4 Å². The summed E-state index contributed by atoms with van der Waals surface area (Å²) in [5.41, 5.74) is 1.98. The first-order valence-electron chi connectivity index (χ1n) is 5.71. The van der Waals surface area contributed by atoms with E-state index in [0.29, 0.717) is 6.42 Å². The van der Waals surface area contributed by atoms with Crippen LogP contribution in [0, 0.1) is 0 Å². The van der Waals surface area contributed by atoms with Crippen molar-refractivity contribution in [1.82, 2.24) is 4.57 Å². The maximum Gasteiger partial charge on any atom is 0.323 e.